The summed E-state index contributed by atoms with van der Waals surface area (Å²) in [7, 11) is 0. The highest BCUT2D eigenvalue weighted by atomic mass is 16.5. The number of carbonyl (C=O) groups excluding carboxylic acids is 2. The minimum absolute atomic E-state index is 0.182. The van der Waals surface area contributed by atoms with Crippen molar-refractivity contribution in [3.8, 4) is 5.75 Å². The Balaban J connectivity index is 2.12. The third-order valence-corrected chi connectivity index (χ3v) is 3.49. The Hall–Kier alpha value is -2.82. The van der Waals surface area contributed by atoms with Crippen LogP contribution >= 0.6 is 0 Å². The van der Waals surface area contributed by atoms with Crippen molar-refractivity contribution < 1.29 is 14.3 Å². The van der Waals surface area contributed by atoms with Gasteiger partial charge in [-0.1, -0.05) is 32.0 Å². The Morgan fingerprint density at radius 2 is 1.68 bits per heavy atom. The molecule has 2 amide bonds. The largest absolute Gasteiger partial charge is 0.492 e. The van der Waals surface area contributed by atoms with E-state index in [0.29, 0.717) is 41.6 Å². The van der Waals surface area contributed by atoms with Gasteiger partial charge in [0.25, 0.3) is 11.8 Å². The molecule has 2 N–H and O–H groups in total. The first-order valence-electron chi connectivity index (χ1n) is 8.42. The van der Waals surface area contributed by atoms with Gasteiger partial charge in [-0.2, -0.15) is 0 Å². The summed E-state index contributed by atoms with van der Waals surface area (Å²) in [6.07, 6.45) is 0. The molecule has 0 aliphatic carbocycles. The zero-order chi connectivity index (χ0) is 18.2. The number of amides is 2. The van der Waals surface area contributed by atoms with E-state index in [1.807, 2.05) is 32.9 Å². The molecule has 0 aliphatic rings. The van der Waals surface area contributed by atoms with E-state index in [4.69, 9.17) is 4.74 Å². The molecule has 0 fully saturated rings. The van der Waals surface area contributed by atoms with Crippen molar-refractivity contribution in [2.45, 2.75) is 20.8 Å². The normalized spacial score (nSPS) is 10.4. The van der Waals surface area contributed by atoms with Gasteiger partial charge < -0.3 is 15.4 Å². The van der Waals surface area contributed by atoms with Crippen molar-refractivity contribution in [1.82, 2.24) is 5.32 Å². The van der Waals surface area contributed by atoms with Crippen LogP contribution in [0.25, 0.3) is 0 Å². The molecule has 0 bridgehead atoms. The molecule has 0 saturated carbocycles. The number of anilines is 1. The molecule has 2 rings (SSSR count). The topological polar surface area (TPSA) is 67.4 Å². The molecule has 5 nitrogen and oxygen atoms in total. The Morgan fingerprint density at radius 1 is 1.00 bits per heavy atom. The standard InChI is InChI=1S/C20H24N2O3/c1-4-25-18-11-6-5-10-17(18)22-20(24)16-9-7-8-15(12-16)19(23)21-13-14(2)3/h5-12,14H,4,13H2,1-3H3,(H,21,23)(H,22,24). The van der Waals surface area contributed by atoms with Crippen molar-refractivity contribution in [3.05, 3.63) is 59.7 Å². The molecule has 0 atom stereocenters. The third kappa shape index (κ3) is 5.35. The summed E-state index contributed by atoms with van der Waals surface area (Å²) >= 11 is 0. The van der Waals surface area contributed by atoms with Crippen LogP contribution in [0.5, 0.6) is 5.75 Å². The average Bonchev–Trinajstić information content (AvgIpc) is 2.61. The second-order valence-electron chi connectivity index (χ2n) is 6.07. The number of para-hydroxylation sites is 2. The van der Waals surface area contributed by atoms with Gasteiger partial charge in [-0.3, -0.25) is 9.59 Å². The Kier molecular flexibility index (Phi) is 6.57. The maximum absolute atomic E-state index is 12.5. The van der Waals surface area contributed by atoms with E-state index in [1.165, 1.54) is 0 Å². The number of carbonyl (C=O) groups is 2. The lowest BCUT2D eigenvalue weighted by Gasteiger charge is -2.12. The quantitative estimate of drug-likeness (QED) is 0.807. The van der Waals surface area contributed by atoms with E-state index >= 15 is 0 Å². The van der Waals surface area contributed by atoms with Gasteiger partial charge >= 0.3 is 0 Å². The van der Waals surface area contributed by atoms with Crippen molar-refractivity contribution in [2.75, 3.05) is 18.5 Å². The van der Waals surface area contributed by atoms with E-state index in [2.05, 4.69) is 10.6 Å². The van der Waals surface area contributed by atoms with Crippen LogP contribution in [0.1, 0.15) is 41.5 Å². The van der Waals surface area contributed by atoms with Gasteiger partial charge in [0, 0.05) is 17.7 Å². The van der Waals surface area contributed by atoms with Crippen LogP contribution in [0.3, 0.4) is 0 Å². The summed E-state index contributed by atoms with van der Waals surface area (Å²) in [6.45, 7) is 7.05. The number of ether oxygens (including phenoxy) is 1. The van der Waals surface area contributed by atoms with Crippen LogP contribution in [0.15, 0.2) is 48.5 Å². The maximum atomic E-state index is 12.5. The number of hydrogen-bond acceptors (Lipinski definition) is 3. The first kappa shape index (κ1) is 18.5. The molecule has 5 heteroatoms. The molecule has 0 unspecified atom stereocenters. The molecule has 0 aliphatic heterocycles. The monoisotopic (exact) mass is 340 g/mol. The number of rotatable bonds is 7. The Bertz CT molecular complexity index is 741. The van der Waals surface area contributed by atoms with Gasteiger partial charge in [0.2, 0.25) is 0 Å². The smallest absolute Gasteiger partial charge is 0.255 e. The van der Waals surface area contributed by atoms with Crippen molar-refractivity contribution in [3.63, 3.8) is 0 Å². The molecule has 25 heavy (non-hydrogen) atoms. The van der Waals surface area contributed by atoms with Crippen LogP contribution in [0, 0.1) is 5.92 Å². The van der Waals surface area contributed by atoms with E-state index in [0.717, 1.165) is 0 Å². The molecule has 2 aromatic carbocycles. The fourth-order valence-electron chi connectivity index (χ4n) is 2.25. The molecule has 132 valence electrons. The van der Waals surface area contributed by atoms with Crippen LogP contribution in [0.4, 0.5) is 5.69 Å². The minimum atomic E-state index is -0.286. The molecule has 0 aromatic heterocycles. The summed E-state index contributed by atoms with van der Waals surface area (Å²) in [5, 5.41) is 5.68. The molecular formula is C20H24N2O3. The lowest BCUT2D eigenvalue weighted by Crippen LogP contribution is -2.27. The fraction of sp³-hybridized carbons (Fsp3) is 0.300. The molecule has 0 saturated heterocycles. The van der Waals surface area contributed by atoms with E-state index in [1.54, 1.807) is 36.4 Å². The summed E-state index contributed by atoms with van der Waals surface area (Å²) in [4.78, 5) is 24.7. The van der Waals surface area contributed by atoms with E-state index < -0.39 is 0 Å². The van der Waals surface area contributed by atoms with Gasteiger partial charge in [0.05, 0.1) is 12.3 Å². The first-order chi connectivity index (χ1) is 12.0. The predicted molar refractivity (Wildman–Crippen MR) is 99.2 cm³/mol. The summed E-state index contributed by atoms with van der Waals surface area (Å²) in [5.74, 6) is 0.512. The molecule has 2 aromatic rings. The molecule has 0 radical (unpaired) electrons. The fourth-order valence-corrected chi connectivity index (χ4v) is 2.25. The third-order valence-electron chi connectivity index (χ3n) is 3.49. The van der Waals surface area contributed by atoms with Crippen LogP contribution in [0.2, 0.25) is 0 Å². The second kappa shape index (κ2) is 8.87. The Morgan fingerprint density at radius 3 is 2.36 bits per heavy atom. The minimum Gasteiger partial charge on any atom is -0.492 e. The highest BCUT2D eigenvalue weighted by Gasteiger charge is 2.12. The maximum Gasteiger partial charge on any atom is 0.255 e. The lowest BCUT2D eigenvalue weighted by atomic mass is 10.1. The molecule has 0 spiro atoms. The zero-order valence-electron chi connectivity index (χ0n) is 14.8. The van der Waals surface area contributed by atoms with Gasteiger partial charge in [-0.05, 0) is 43.2 Å². The number of hydrogen-bond donors (Lipinski definition) is 2. The molecular weight excluding hydrogens is 316 g/mol. The van der Waals surface area contributed by atoms with Crippen LogP contribution < -0.4 is 15.4 Å². The second-order valence-corrected chi connectivity index (χ2v) is 6.07. The number of nitrogens with one attached hydrogen (secondary N) is 2. The molecule has 0 heterocycles. The lowest BCUT2D eigenvalue weighted by molar-refractivity contribution is 0.0949. The van der Waals surface area contributed by atoms with Gasteiger partial charge in [0.1, 0.15) is 5.75 Å². The van der Waals surface area contributed by atoms with E-state index in [9.17, 15) is 9.59 Å². The highest BCUT2D eigenvalue weighted by molar-refractivity contribution is 6.06. The van der Waals surface area contributed by atoms with Crippen molar-refractivity contribution in [2.24, 2.45) is 5.92 Å². The average molecular weight is 340 g/mol. The van der Waals surface area contributed by atoms with Crippen LogP contribution in [-0.4, -0.2) is 25.0 Å². The van der Waals surface area contributed by atoms with Gasteiger partial charge in [0.15, 0.2) is 0 Å². The SMILES string of the molecule is CCOc1ccccc1NC(=O)c1cccc(C(=O)NCC(C)C)c1. The zero-order valence-corrected chi connectivity index (χ0v) is 14.8. The van der Waals surface area contributed by atoms with Gasteiger partial charge in [-0.25, -0.2) is 0 Å². The van der Waals surface area contributed by atoms with E-state index in [-0.39, 0.29) is 11.8 Å². The van der Waals surface area contributed by atoms with Crippen LogP contribution in [-0.2, 0) is 0 Å². The number of benzene rings is 2. The van der Waals surface area contributed by atoms with Crippen molar-refractivity contribution >= 4 is 17.5 Å². The van der Waals surface area contributed by atoms with Crippen molar-refractivity contribution in [1.29, 1.82) is 0 Å². The first-order valence-corrected chi connectivity index (χ1v) is 8.42. The summed E-state index contributed by atoms with van der Waals surface area (Å²) in [5.41, 5.74) is 1.49. The predicted octanol–water partition coefficient (Wildman–Crippen LogP) is 3.72. The summed E-state index contributed by atoms with van der Waals surface area (Å²) < 4.78 is 5.51. The van der Waals surface area contributed by atoms with Gasteiger partial charge in [-0.15, -0.1) is 0 Å². The summed E-state index contributed by atoms with van der Waals surface area (Å²) in [6, 6.07) is 13.9. The highest BCUT2D eigenvalue weighted by Crippen LogP contribution is 2.24. The Labute approximate surface area is 148 Å².